The Kier molecular flexibility index (Phi) is 5.06. The Morgan fingerprint density at radius 2 is 1.97 bits per heavy atom. The monoisotopic (exact) mass is 440 g/mol. The van der Waals surface area contributed by atoms with Gasteiger partial charge in [0.05, 0.1) is 18.2 Å². The Morgan fingerprint density at radius 3 is 2.76 bits per heavy atom. The summed E-state index contributed by atoms with van der Waals surface area (Å²) < 4.78 is 1.56. The molecule has 3 heterocycles. The van der Waals surface area contributed by atoms with Crippen LogP contribution >= 0.6 is 0 Å². The summed E-state index contributed by atoms with van der Waals surface area (Å²) in [7, 11) is 0. The van der Waals surface area contributed by atoms with Crippen LogP contribution in [0.1, 0.15) is 22.3 Å². The molecule has 33 heavy (non-hydrogen) atoms. The molecular formula is C24H20N6O3. The fraction of sp³-hybridized carbons (Fsp3) is 0.125. The predicted molar refractivity (Wildman–Crippen MR) is 125 cm³/mol. The Balaban J connectivity index is 1.40. The van der Waals surface area contributed by atoms with Gasteiger partial charge in [-0.25, -0.2) is 9.67 Å². The number of carbonyl (C=O) groups excluding carboxylic acids is 2. The quantitative estimate of drug-likeness (QED) is 0.474. The standard InChI is InChI=1S/C24H20N6O3/c1-2-21(31)29-12-4-6-17-18(5-3-7-20(17)29)24(33)28-15-8-10-16(11-9-15)30-22-19(13-27-30)23(32)26-14-25-22/h2-3,5,7-11,13-14H,1,4,6,12H2,(H,28,33)(H,25,26,32). The van der Waals surface area contributed by atoms with Gasteiger partial charge >= 0.3 is 0 Å². The maximum Gasteiger partial charge on any atom is 0.261 e. The first kappa shape index (κ1) is 20.4. The fourth-order valence-corrected chi connectivity index (χ4v) is 4.11. The Labute approximate surface area is 188 Å². The molecule has 0 bridgehead atoms. The lowest BCUT2D eigenvalue weighted by atomic mass is 9.95. The molecule has 5 rings (SSSR count). The van der Waals surface area contributed by atoms with E-state index in [-0.39, 0.29) is 17.4 Å². The minimum atomic E-state index is -0.255. The highest BCUT2D eigenvalue weighted by Gasteiger charge is 2.25. The minimum Gasteiger partial charge on any atom is -0.322 e. The van der Waals surface area contributed by atoms with Crippen molar-refractivity contribution in [2.75, 3.05) is 16.8 Å². The third-order valence-corrected chi connectivity index (χ3v) is 5.68. The molecule has 9 heteroatoms. The summed E-state index contributed by atoms with van der Waals surface area (Å²) in [4.78, 5) is 45.5. The van der Waals surface area contributed by atoms with Crippen LogP contribution in [-0.4, -0.2) is 38.1 Å². The van der Waals surface area contributed by atoms with Crippen molar-refractivity contribution in [2.24, 2.45) is 0 Å². The Hall–Kier alpha value is -4.53. The molecule has 1 aliphatic heterocycles. The number of nitrogens with zero attached hydrogens (tertiary/aromatic N) is 4. The molecule has 0 radical (unpaired) electrons. The molecule has 2 aromatic carbocycles. The summed E-state index contributed by atoms with van der Waals surface area (Å²) in [6, 6.07) is 12.5. The maximum atomic E-state index is 13.1. The van der Waals surface area contributed by atoms with Crippen LogP contribution in [0, 0.1) is 0 Å². The maximum absolute atomic E-state index is 13.1. The van der Waals surface area contributed by atoms with Gasteiger partial charge < -0.3 is 15.2 Å². The van der Waals surface area contributed by atoms with Crippen molar-refractivity contribution >= 4 is 34.2 Å². The van der Waals surface area contributed by atoms with Gasteiger partial charge in [0.2, 0.25) is 5.91 Å². The van der Waals surface area contributed by atoms with E-state index in [1.54, 1.807) is 46.0 Å². The van der Waals surface area contributed by atoms with E-state index < -0.39 is 0 Å². The summed E-state index contributed by atoms with van der Waals surface area (Å²) >= 11 is 0. The van der Waals surface area contributed by atoms with E-state index in [2.05, 4.69) is 27.0 Å². The van der Waals surface area contributed by atoms with Gasteiger partial charge in [0.15, 0.2) is 5.65 Å². The molecule has 164 valence electrons. The molecule has 4 aromatic rings. The highest BCUT2D eigenvalue weighted by atomic mass is 16.2. The molecule has 0 spiro atoms. The van der Waals surface area contributed by atoms with Gasteiger partial charge in [-0.1, -0.05) is 12.6 Å². The fourth-order valence-electron chi connectivity index (χ4n) is 4.11. The summed E-state index contributed by atoms with van der Waals surface area (Å²) in [5.74, 6) is -0.419. The smallest absolute Gasteiger partial charge is 0.261 e. The van der Waals surface area contributed by atoms with E-state index in [0.29, 0.717) is 34.5 Å². The molecule has 0 atom stereocenters. The summed E-state index contributed by atoms with van der Waals surface area (Å²) in [6.45, 7) is 4.18. The van der Waals surface area contributed by atoms with Gasteiger partial charge in [-0.05, 0) is 60.9 Å². The van der Waals surface area contributed by atoms with Crippen LogP contribution in [0.3, 0.4) is 0 Å². The van der Waals surface area contributed by atoms with Gasteiger partial charge in [0, 0.05) is 23.5 Å². The van der Waals surface area contributed by atoms with E-state index in [1.807, 2.05) is 6.07 Å². The minimum absolute atomic E-state index is 0.174. The summed E-state index contributed by atoms with van der Waals surface area (Å²) in [5.41, 5.74) is 3.66. The molecular weight excluding hydrogens is 420 g/mol. The van der Waals surface area contributed by atoms with E-state index >= 15 is 0 Å². The number of hydrogen-bond acceptors (Lipinski definition) is 5. The second kappa shape index (κ2) is 8.19. The second-order valence-corrected chi connectivity index (χ2v) is 7.63. The first-order valence-corrected chi connectivity index (χ1v) is 10.5. The van der Waals surface area contributed by atoms with Crippen LogP contribution in [0.15, 0.2) is 72.4 Å². The average Bonchev–Trinajstić information content (AvgIpc) is 3.29. The van der Waals surface area contributed by atoms with E-state index in [4.69, 9.17) is 0 Å². The van der Waals surface area contributed by atoms with Crippen LogP contribution in [0.25, 0.3) is 16.7 Å². The molecule has 2 N–H and O–H groups in total. The van der Waals surface area contributed by atoms with Crippen molar-refractivity contribution < 1.29 is 9.59 Å². The van der Waals surface area contributed by atoms with E-state index in [1.165, 1.54) is 18.6 Å². The Morgan fingerprint density at radius 1 is 1.15 bits per heavy atom. The Bertz CT molecular complexity index is 1450. The van der Waals surface area contributed by atoms with Gasteiger partial charge in [0.1, 0.15) is 5.39 Å². The van der Waals surface area contributed by atoms with Crippen molar-refractivity contribution in [1.29, 1.82) is 0 Å². The number of hydrogen-bond donors (Lipinski definition) is 2. The van der Waals surface area contributed by atoms with Crippen molar-refractivity contribution in [3.05, 3.63) is 89.1 Å². The van der Waals surface area contributed by atoms with Gasteiger partial charge in [-0.2, -0.15) is 5.10 Å². The first-order chi connectivity index (χ1) is 16.1. The highest BCUT2D eigenvalue weighted by Crippen LogP contribution is 2.30. The topological polar surface area (TPSA) is 113 Å². The number of amides is 2. The average molecular weight is 440 g/mol. The van der Waals surface area contributed by atoms with Crippen molar-refractivity contribution in [2.45, 2.75) is 12.8 Å². The third kappa shape index (κ3) is 3.59. The summed E-state index contributed by atoms with van der Waals surface area (Å²) in [5, 5.41) is 7.57. The first-order valence-electron chi connectivity index (χ1n) is 10.5. The van der Waals surface area contributed by atoms with Gasteiger partial charge in [-0.3, -0.25) is 14.4 Å². The van der Waals surface area contributed by atoms with E-state index in [0.717, 1.165) is 24.1 Å². The van der Waals surface area contributed by atoms with Crippen LogP contribution in [0.4, 0.5) is 11.4 Å². The van der Waals surface area contributed by atoms with Crippen molar-refractivity contribution in [1.82, 2.24) is 19.7 Å². The molecule has 0 fully saturated rings. The molecule has 1 aliphatic rings. The predicted octanol–water partition coefficient (Wildman–Crippen LogP) is 2.83. The van der Waals surface area contributed by atoms with Crippen molar-refractivity contribution in [3.63, 3.8) is 0 Å². The number of aromatic amines is 1. The van der Waals surface area contributed by atoms with Crippen LogP contribution in [0.5, 0.6) is 0 Å². The molecule has 9 nitrogen and oxygen atoms in total. The number of rotatable bonds is 4. The van der Waals surface area contributed by atoms with Crippen LogP contribution in [-0.2, 0) is 11.2 Å². The normalized spacial score (nSPS) is 12.9. The number of anilines is 2. The van der Waals surface area contributed by atoms with Crippen LogP contribution < -0.4 is 15.8 Å². The number of fused-ring (bicyclic) bond motifs is 2. The second-order valence-electron chi connectivity index (χ2n) is 7.63. The van der Waals surface area contributed by atoms with Crippen LogP contribution in [0.2, 0.25) is 0 Å². The lowest BCUT2D eigenvalue weighted by molar-refractivity contribution is -0.114. The molecule has 0 saturated heterocycles. The number of aromatic nitrogens is 4. The lowest BCUT2D eigenvalue weighted by Crippen LogP contribution is -2.35. The molecule has 0 saturated carbocycles. The summed E-state index contributed by atoms with van der Waals surface area (Å²) in [6.07, 6.45) is 5.59. The SMILES string of the molecule is C=CC(=O)N1CCCc2c(C(=O)Nc3ccc(-n4ncc5c(=O)[nH]cnc54)cc3)cccc21. The largest absolute Gasteiger partial charge is 0.322 e. The lowest BCUT2D eigenvalue weighted by Gasteiger charge is -2.29. The third-order valence-electron chi connectivity index (χ3n) is 5.68. The number of benzene rings is 2. The van der Waals surface area contributed by atoms with Gasteiger partial charge in [-0.15, -0.1) is 0 Å². The number of H-pyrrole nitrogens is 1. The molecule has 0 unspecified atom stereocenters. The zero-order valence-corrected chi connectivity index (χ0v) is 17.6. The van der Waals surface area contributed by atoms with Gasteiger partial charge in [0.25, 0.3) is 11.5 Å². The molecule has 2 aromatic heterocycles. The zero-order valence-electron chi connectivity index (χ0n) is 17.6. The number of nitrogens with one attached hydrogen (secondary N) is 2. The molecule has 2 amide bonds. The highest BCUT2D eigenvalue weighted by molar-refractivity contribution is 6.08. The van der Waals surface area contributed by atoms with E-state index in [9.17, 15) is 14.4 Å². The molecule has 0 aliphatic carbocycles. The number of carbonyl (C=O) groups is 2. The zero-order chi connectivity index (χ0) is 22.9. The van der Waals surface area contributed by atoms with Crippen molar-refractivity contribution in [3.8, 4) is 5.69 Å².